The molecule has 1 amide bonds. The number of piperazine rings is 1. The first-order valence-electron chi connectivity index (χ1n) is 6.30. The number of amides is 1. The second kappa shape index (κ2) is 5.85. The van der Waals surface area contributed by atoms with Gasteiger partial charge in [0, 0.05) is 37.1 Å². The molecule has 1 atom stereocenters. The van der Waals surface area contributed by atoms with Gasteiger partial charge in [0.2, 0.25) is 5.91 Å². The largest absolute Gasteiger partial charge is 0.340 e. The van der Waals surface area contributed by atoms with Gasteiger partial charge in [-0.1, -0.05) is 28.1 Å². The molecule has 0 spiro atoms. The zero-order valence-corrected chi connectivity index (χ0v) is 12.5. The van der Waals surface area contributed by atoms with E-state index in [1.54, 1.807) is 6.92 Å². The number of hydrogen-bond acceptors (Lipinski definition) is 2. The van der Waals surface area contributed by atoms with E-state index in [0.717, 1.165) is 30.5 Å². The van der Waals surface area contributed by atoms with E-state index in [2.05, 4.69) is 46.4 Å². The van der Waals surface area contributed by atoms with Crippen LogP contribution < -0.4 is 5.32 Å². The van der Waals surface area contributed by atoms with Crippen LogP contribution in [0.1, 0.15) is 18.1 Å². The molecule has 2 rings (SSSR count). The Morgan fingerprint density at radius 1 is 1.56 bits per heavy atom. The number of nitrogens with one attached hydrogen (secondary N) is 1. The molecule has 0 saturated carbocycles. The van der Waals surface area contributed by atoms with E-state index in [0.29, 0.717) is 6.04 Å². The number of halogens is 1. The molecule has 1 aromatic carbocycles. The number of carbonyl (C=O) groups is 1. The molecule has 1 saturated heterocycles. The Bertz CT molecular complexity index is 447. The van der Waals surface area contributed by atoms with Gasteiger partial charge >= 0.3 is 0 Å². The number of rotatable bonds is 2. The molecule has 3 nitrogen and oxygen atoms in total. The normalized spacial score (nSPS) is 19.9. The van der Waals surface area contributed by atoms with E-state index in [1.165, 1.54) is 11.1 Å². The van der Waals surface area contributed by atoms with Crippen LogP contribution in [-0.2, 0) is 11.2 Å². The van der Waals surface area contributed by atoms with Crippen LogP contribution in [0.25, 0.3) is 0 Å². The molecule has 1 aliphatic heterocycles. The molecule has 1 heterocycles. The molecule has 1 aliphatic rings. The average molecular weight is 311 g/mol. The van der Waals surface area contributed by atoms with Crippen molar-refractivity contribution in [2.24, 2.45) is 0 Å². The molecule has 0 radical (unpaired) electrons. The minimum Gasteiger partial charge on any atom is -0.340 e. The van der Waals surface area contributed by atoms with Gasteiger partial charge in [-0.15, -0.1) is 0 Å². The summed E-state index contributed by atoms with van der Waals surface area (Å²) >= 11 is 3.51. The van der Waals surface area contributed by atoms with Crippen molar-refractivity contribution in [3.05, 3.63) is 33.8 Å². The second-order valence-corrected chi connectivity index (χ2v) is 5.76. The molecule has 98 valence electrons. The quantitative estimate of drug-likeness (QED) is 0.907. The smallest absolute Gasteiger partial charge is 0.219 e. The molecule has 1 unspecified atom stereocenters. The van der Waals surface area contributed by atoms with Crippen LogP contribution in [-0.4, -0.2) is 36.5 Å². The van der Waals surface area contributed by atoms with Crippen molar-refractivity contribution in [3.63, 3.8) is 0 Å². The van der Waals surface area contributed by atoms with Crippen molar-refractivity contribution in [1.82, 2.24) is 10.2 Å². The summed E-state index contributed by atoms with van der Waals surface area (Å²) in [6.07, 6.45) is 0.970. The number of hydrogen-bond donors (Lipinski definition) is 1. The molecule has 4 heteroatoms. The first-order chi connectivity index (χ1) is 8.56. The number of nitrogens with zero attached hydrogens (tertiary/aromatic N) is 1. The van der Waals surface area contributed by atoms with Gasteiger partial charge < -0.3 is 10.2 Å². The zero-order valence-electron chi connectivity index (χ0n) is 10.9. The van der Waals surface area contributed by atoms with Crippen molar-refractivity contribution in [3.8, 4) is 0 Å². The predicted octanol–water partition coefficient (Wildman–Crippen LogP) is 2.12. The number of benzene rings is 1. The van der Waals surface area contributed by atoms with Crippen LogP contribution in [0.4, 0.5) is 0 Å². The Morgan fingerprint density at radius 3 is 3.00 bits per heavy atom. The van der Waals surface area contributed by atoms with Gasteiger partial charge in [0.15, 0.2) is 0 Å². The van der Waals surface area contributed by atoms with Gasteiger partial charge in [0.1, 0.15) is 0 Å². The zero-order chi connectivity index (χ0) is 13.1. The minimum absolute atomic E-state index is 0.175. The number of carbonyl (C=O) groups excluding carboxylic acids is 1. The molecular formula is C14H19BrN2O. The summed E-state index contributed by atoms with van der Waals surface area (Å²) in [5.41, 5.74) is 2.57. The van der Waals surface area contributed by atoms with Crippen molar-refractivity contribution in [1.29, 1.82) is 0 Å². The Labute approximate surface area is 117 Å². The Kier molecular flexibility index (Phi) is 4.40. The Morgan fingerprint density at radius 2 is 2.33 bits per heavy atom. The van der Waals surface area contributed by atoms with Crippen LogP contribution >= 0.6 is 15.9 Å². The highest BCUT2D eigenvalue weighted by Gasteiger charge is 2.21. The van der Waals surface area contributed by atoms with Gasteiger partial charge in [-0.05, 0) is 30.5 Å². The van der Waals surface area contributed by atoms with Gasteiger partial charge in [0.25, 0.3) is 0 Å². The van der Waals surface area contributed by atoms with Crippen LogP contribution in [0.5, 0.6) is 0 Å². The summed E-state index contributed by atoms with van der Waals surface area (Å²) in [5, 5.41) is 3.48. The van der Waals surface area contributed by atoms with Crippen molar-refractivity contribution in [2.45, 2.75) is 26.3 Å². The van der Waals surface area contributed by atoms with Gasteiger partial charge in [-0.2, -0.15) is 0 Å². The SMILES string of the molecule is CC(=O)N1CCNC(Cc2ccc(Br)c(C)c2)C1. The molecule has 1 aromatic rings. The fourth-order valence-electron chi connectivity index (χ4n) is 2.37. The van der Waals surface area contributed by atoms with Gasteiger partial charge in [-0.3, -0.25) is 4.79 Å². The van der Waals surface area contributed by atoms with E-state index in [9.17, 15) is 4.79 Å². The topological polar surface area (TPSA) is 32.3 Å². The fraction of sp³-hybridized carbons (Fsp3) is 0.500. The monoisotopic (exact) mass is 310 g/mol. The summed E-state index contributed by atoms with van der Waals surface area (Å²) < 4.78 is 1.15. The van der Waals surface area contributed by atoms with Crippen LogP contribution in [0.15, 0.2) is 22.7 Å². The van der Waals surface area contributed by atoms with Gasteiger partial charge in [-0.25, -0.2) is 0 Å². The first-order valence-corrected chi connectivity index (χ1v) is 7.09. The second-order valence-electron chi connectivity index (χ2n) is 4.90. The maximum absolute atomic E-state index is 11.4. The van der Waals surface area contributed by atoms with Crippen molar-refractivity contribution < 1.29 is 4.79 Å². The maximum Gasteiger partial charge on any atom is 0.219 e. The van der Waals surface area contributed by atoms with E-state index in [1.807, 2.05) is 4.90 Å². The lowest BCUT2D eigenvalue weighted by molar-refractivity contribution is -0.130. The molecule has 1 fully saturated rings. The number of aryl methyl sites for hydroxylation is 1. The highest BCUT2D eigenvalue weighted by atomic mass is 79.9. The fourth-order valence-corrected chi connectivity index (χ4v) is 2.61. The summed E-state index contributed by atoms with van der Waals surface area (Å²) in [5.74, 6) is 0.175. The van der Waals surface area contributed by atoms with Crippen LogP contribution in [0.2, 0.25) is 0 Å². The third kappa shape index (κ3) is 3.33. The van der Waals surface area contributed by atoms with E-state index < -0.39 is 0 Å². The molecule has 0 aliphatic carbocycles. The van der Waals surface area contributed by atoms with Crippen molar-refractivity contribution >= 4 is 21.8 Å². The summed E-state index contributed by atoms with van der Waals surface area (Å²) in [7, 11) is 0. The third-order valence-corrected chi connectivity index (χ3v) is 4.30. The van der Waals surface area contributed by atoms with Gasteiger partial charge in [0.05, 0.1) is 0 Å². The lowest BCUT2D eigenvalue weighted by atomic mass is 10.0. The highest BCUT2D eigenvalue weighted by molar-refractivity contribution is 9.10. The highest BCUT2D eigenvalue weighted by Crippen LogP contribution is 2.18. The Balaban J connectivity index is 2.00. The Hall–Kier alpha value is -0.870. The first kappa shape index (κ1) is 13.6. The standard InChI is InChI=1S/C14H19BrN2O/c1-10-7-12(3-4-14(10)15)8-13-9-17(11(2)18)6-5-16-13/h3-4,7,13,16H,5-6,8-9H2,1-2H3. The molecule has 0 bridgehead atoms. The molecular weight excluding hydrogens is 292 g/mol. The van der Waals surface area contributed by atoms with Crippen LogP contribution in [0, 0.1) is 6.92 Å². The average Bonchev–Trinajstić information content (AvgIpc) is 2.34. The molecule has 1 N–H and O–H groups in total. The lowest BCUT2D eigenvalue weighted by Gasteiger charge is -2.33. The summed E-state index contributed by atoms with van der Waals surface area (Å²) in [6.45, 7) is 6.27. The van der Waals surface area contributed by atoms with Crippen molar-refractivity contribution in [2.75, 3.05) is 19.6 Å². The molecule has 18 heavy (non-hydrogen) atoms. The van der Waals surface area contributed by atoms with E-state index >= 15 is 0 Å². The summed E-state index contributed by atoms with van der Waals surface area (Å²) in [6, 6.07) is 6.81. The third-order valence-electron chi connectivity index (χ3n) is 3.41. The lowest BCUT2D eigenvalue weighted by Crippen LogP contribution is -2.52. The minimum atomic E-state index is 0.175. The molecule has 0 aromatic heterocycles. The predicted molar refractivity (Wildman–Crippen MR) is 76.6 cm³/mol. The van der Waals surface area contributed by atoms with E-state index in [4.69, 9.17) is 0 Å². The maximum atomic E-state index is 11.4. The van der Waals surface area contributed by atoms with E-state index in [-0.39, 0.29) is 5.91 Å². The summed E-state index contributed by atoms with van der Waals surface area (Å²) in [4.78, 5) is 13.3. The van der Waals surface area contributed by atoms with Crippen LogP contribution in [0.3, 0.4) is 0 Å².